The molecule has 0 aliphatic heterocycles. The molecule has 1 amide bonds. The van der Waals surface area contributed by atoms with Gasteiger partial charge in [0.05, 0.1) is 18.3 Å². The zero-order valence-electron chi connectivity index (χ0n) is 17.7. The third-order valence-corrected chi connectivity index (χ3v) is 6.79. The lowest BCUT2D eigenvalue weighted by molar-refractivity contribution is -0.0605. The second kappa shape index (κ2) is 9.97. The molecule has 0 fully saturated rings. The van der Waals surface area contributed by atoms with E-state index in [0.29, 0.717) is 5.56 Å². The van der Waals surface area contributed by atoms with E-state index in [0.717, 1.165) is 10.0 Å². The third kappa shape index (κ3) is 6.42. The average Bonchev–Trinajstić information content (AvgIpc) is 2.67. The van der Waals surface area contributed by atoms with Gasteiger partial charge in [0, 0.05) is 17.4 Å². The van der Waals surface area contributed by atoms with E-state index in [2.05, 4.69) is 38.5 Å². The van der Waals surface area contributed by atoms with Crippen molar-refractivity contribution in [2.75, 3.05) is 13.7 Å². The highest BCUT2D eigenvalue weighted by atomic mass is 127. The highest BCUT2D eigenvalue weighted by molar-refractivity contribution is 14.1. The summed E-state index contributed by atoms with van der Waals surface area (Å²) in [5, 5.41) is 22.0. The Kier molecular flexibility index (Phi) is 8.35. The lowest BCUT2D eigenvalue weighted by Crippen LogP contribution is -2.47. The summed E-state index contributed by atoms with van der Waals surface area (Å²) in [6, 6.07) is 17.0. The number of rotatable bonds is 8. The van der Waals surface area contributed by atoms with Crippen LogP contribution in [0.2, 0.25) is 0 Å². The molecule has 5 nitrogen and oxygen atoms in total. The number of aliphatic hydroxyl groups is 2. The van der Waals surface area contributed by atoms with Crippen molar-refractivity contribution in [3.63, 3.8) is 0 Å². The van der Waals surface area contributed by atoms with Crippen LogP contribution in [0, 0.1) is 0 Å². The van der Waals surface area contributed by atoms with Crippen molar-refractivity contribution in [2.24, 2.45) is 0 Å². The summed E-state index contributed by atoms with van der Waals surface area (Å²) in [5.41, 5.74) is -0.753. The molecular formula is C23H29BrINO4. The van der Waals surface area contributed by atoms with Gasteiger partial charge < -0.3 is 14.9 Å². The number of hydrogen-bond acceptors (Lipinski definition) is 4. The number of nitrogens with zero attached hydrogens (tertiary/aromatic N) is 1. The van der Waals surface area contributed by atoms with Gasteiger partial charge in [-0.25, -0.2) is 4.79 Å². The van der Waals surface area contributed by atoms with Crippen molar-refractivity contribution < 1.29 is 19.7 Å². The van der Waals surface area contributed by atoms with Gasteiger partial charge in [0.15, 0.2) is 0 Å². The molecule has 0 aliphatic carbocycles. The van der Waals surface area contributed by atoms with Gasteiger partial charge in [-0.3, -0.25) is 4.90 Å². The van der Waals surface area contributed by atoms with Crippen molar-refractivity contribution in [1.82, 2.24) is 4.90 Å². The van der Waals surface area contributed by atoms with Crippen LogP contribution in [0.4, 0.5) is 4.79 Å². The number of alkyl halides is 1. The maximum Gasteiger partial charge on any atom is 0.410 e. The molecule has 0 saturated heterocycles. The molecule has 0 heterocycles. The van der Waals surface area contributed by atoms with Crippen molar-refractivity contribution in [2.45, 2.75) is 48.4 Å². The minimum atomic E-state index is -1.31. The molecule has 0 bridgehead atoms. The first-order chi connectivity index (χ1) is 13.9. The summed E-state index contributed by atoms with van der Waals surface area (Å²) in [7, 11) is 1.35. The number of methoxy groups -OCH3 is 1. The number of carbonyl (C=O) groups excluding carboxylic acids is 1. The van der Waals surface area contributed by atoms with Gasteiger partial charge in [-0.1, -0.05) is 58.4 Å². The zero-order valence-corrected chi connectivity index (χ0v) is 21.5. The molecule has 2 N–H and O–H groups in total. The first-order valence-electron chi connectivity index (χ1n) is 9.70. The molecule has 7 heteroatoms. The van der Waals surface area contributed by atoms with E-state index in [1.54, 1.807) is 18.7 Å². The largest absolute Gasteiger partial charge is 0.453 e. The minimum absolute atomic E-state index is 0.134. The molecule has 164 valence electrons. The van der Waals surface area contributed by atoms with Crippen LogP contribution < -0.4 is 0 Å². The first-order valence-corrected chi connectivity index (χ1v) is 11.6. The molecule has 0 spiro atoms. The van der Waals surface area contributed by atoms with Crippen LogP contribution in [0.15, 0.2) is 59.1 Å². The van der Waals surface area contributed by atoms with Crippen molar-refractivity contribution in [3.05, 3.63) is 70.2 Å². The van der Waals surface area contributed by atoms with Crippen molar-refractivity contribution in [3.8, 4) is 0 Å². The quantitative estimate of drug-likeness (QED) is 0.240. The maximum atomic E-state index is 12.7. The molecule has 1 unspecified atom stereocenters. The fourth-order valence-electron chi connectivity index (χ4n) is 3.59. The molecule has 0 radical (unpaired) electrons. The predicted octanol–water partition coefficient (Wildman–Crippen LogP) is 5.56. The molecule has 2 aromatic carbocycles. The monoisotopic (exact) mass is 589 g/mol. The maximum absolute atomic E-state index is 12.7. The average molecular weight is 590 g/mol. The Morgan fingerprint density at radius 2 is 1.60 bits per heavy atom. The number of halogens is 2. The van der Waals surface area contributed by atoms with Gasteiger partial charge in [0.25, 0.3) is 0 Å². The van der Waals surface area contributed by atoms with E-state index < -0.39 is 20.8 Å². The molecule has 2 atom stereocenters. The van der Waals surface area contributed by atoms with E-state index in [1.165, 1.54) is 7.11 Å². The summed E-state index contributed by atoms with van der Waals surface area (Å²) >= 11 is 5.67. The van der Waals surface area contributed by atoms with Crippen molar-refractivity contribution in [1.29, 1.82) is 0 Å². The highest BCUT2D eigenvalue weighted by Crippen LogP contribution is 2.39. The van der Waals surface area contributed by atoms with Gasteiger partial charge in [-0.05, 0) is 73.0 Å². The second-order valence-corrected chi connectivity index (χ2v) is 11.2. The third-order valence-electron chi connectivity index (χ3n) is 5.06. The number of ether oxygens (including phenoxy) is 1. The normalized spacial score (nSPS) is 15.7. The summed E-state index contributed by atoms with van der Waals surface area (Å²) in [5.74, 6) is 0. The Labute approximate surface area is 200 Å². The molecule has 2 aromatic rings. The van der Waals surface area contributed by atoms with Crippen LogP contribution in [0.25, 0.3) is 0 Å². The predicted molar refractivity (Wildman–Crippen MR) is 130 cm³/mol. The van der Waals surface area contributed by atoms with E-state index in [9.17, 15) is 15.0 Å². The van der Waals surface area contributed by atoms with Crippen LogP contribution in [-0.2, 0) is 13.9 Å². The Balaban J connectivity index is 2.36. The summed E-state index contributed by atoms with van der Waals surface area (Å²) < 4.78 is 5.31. The molecule has 0 aromatic heterocycles. The summed E-state index contributed by atoms with van der Waals surface area (Å²) in [6.07, 6.45) is -0.103. The Bertz CT molecular complexity index is 837. The van der Waals surface area contributed by atoms with E-state index in [1.807, 2.05) is 61.5 Å². The number of benzene rings is 2. The van der Waals surface area contributed by atoms with Crippen LogP contribution in [0.1, 0.15) is 44.7 Å². The summed E-state index contributed by atoms with van der Waals surface area (Å²) in [6.45, 7) is 5.52. The molecule has 0 aliphatic rings. The lowest BCUT2D eigenvalue weighted by atomic mass is 9.81. The topological polar surface area (TPSA) is 70.0 Å². The van der Waals surface area contributed by atoms with Gasteiger partial charge in [-0.15, -0.1) is 0 Å². The highest BCUT2D eigenvalue weighted by Gasteiger charge is 2.40. The van der Waals surface area contributed by atoms with E-state index >= 15 is 0 Å². The smallest absolute Gasteiger partial charge is 0.410 e. The standard InChI is InChI=1S/C23H29BrINO4/c1-21(2,28)16-23(29,18-8-6-5-7-9-18)14-15-26(20(27)30-4)22(3,25)17-10-12-19(24)13-11-17/h5-13,28-29H,14-16H2,1-4H3/t22-,23?/m1/s1. The minimum Gasteiger partial charge on any atom is -0.453 e. The molecule has 0 saturated carbocycles. The van der Waals surface area contributed by atoms with Gasteiger partial charge >= 0.3 is 6.09 Å². The zero-order chi connectivity index (χ0) is 22.6. The number of hydrogen-bond donors (Lipinski definition) is 2. The number of carbonyl (C=O) groups is 1. The lowest BCUT2D eigenvalue weighted by Gasteiger charge is -2.40. The van der Waals surface area contributed by atoms with E-state index in [4.69, 9.17) is 4.74 Å². The SMILES string of the molecule is COC(=O)N(CCC(O)(CC(C)(C)O)c1ccccc1)[C@@](C)(I)c1ccc(Br)cc1. The van der Waals surface area contributed by atoms with Crippen molar-refractivity contribution >= 4 is 44.6 Å². The fraction of sp³-hybridized carbons (Fsp3) is 0.435. The van der Waals surface area contributed by atoms with Crippen LogP contribution >= 0.6 is 38.5 Å². The summed E-state index contributed by atoms with van der Waals surface area (Å²) in [4.78, 5) is 14.3. The van der Waals surface area contributed by atoms with Crippen LogP contribution in [-0.4, -0.2) is 40.5 Å². The van der Waals surface area contributed by atoms with E-state index in [-0.39, 0.29) is 19.4 Å². The van der Waals surface area contributed by atoms with Gasteiger partial charge in [-0.2, -0.15) is 0 Å². The second-order valence-electron chi connectivity index (χ2n) is 8.22. The molecular weight excluding hydrogens is 561 g/mol. The van der Waals surface area contributed by atoms with Crippen LogP contribution in [0.5, 0.6) is 0 Å². The Morgan fingerprint density at radius 1 is 1.03 bits per heavy atom. The molecule has 30 heavy (non-hydrogen) atoms. The fourth-order valence-corrected chi connectivity index (χ4v) is 4.65. The Morgan fingerprint density at radius 3 is 2.10 bits per heavy atom. The van der Waals surface area contributed by atoms with Gasteiger partial charge in [0.1, 0.15) is 3.55 Å². The van der Waals surface area contributed by atoms with Crippen LogP contribution in [0.3, 0.4) is 0 Å². The molecule has 2 rings (SSSR count). The number of amides is 1. The Hall–Kier alpha value is -1.16. The first kappa shape index (κ1) is 25.1. The van der Waals surface area contributed by atoms with Gasteiger partial charge in [0.2, 0.25) is 0 Å².